The molecule has 0 aromatic heterocycles. The second-order valence-electron chi connectivity index (χ2n) is 5.33. The maximum Gasteiger partial charge on any atom is -0.0318 e. The van der Waals surface area contributed by atoms with Crippen LogP contribution in [0.2, 0.25) is 0 Å². The molecule has 11 heavy (non-hydrogen) atoms. The zero-order valence-corrected chi connectivity index (χ0v) is 7.90. The van der Waals surface area contributed by atoms with E-state index in [1.54, 1.807) is 0 Å². The van der Waals surface area contributed by atoms with Crippen molar-refractivity contribution in [3.63, 3.8) is 0 Å². The molecular weight excluding hydrogens is 132 g/mol. The van der Waals surface area contributed by atoms with Gasteiger partial charge in [-0.2, -0.15) is 0 Å². The molecule has 0 amide bonds. The van der Waals surface area contributed by atoms with Crippen LogP contribution in [-0.4, -0.2) is 0 Å². The van der Waals surface area contributed by atoms with Gasteiger partial charge in [0.1, 0.15) is 0 Å². The van der Waals surface area contributed by atoms with Crippen LogP contribution in [0.25, 0.3) is 0 Å². The van der Waals surface area contributed by atoms with E-state index in [0.29, 0.717) is 0 Å². The van der Waals surface area contributed by atoms with Gasteiger partial charge in [0.25, 0.3) is 0 Å². The SMILES string of the molecule is CC1CCCC2CC(C)(C1)C2. The Morgan fingerprint density at radius 1 is 1.09 bits per heavy atom. The lowest BCUT2D eigenvalue weighted by Crippen LogP contribution is -2.37. The second kappa shape index (κ2) is 2.50. The van der Waals surface area contributed by atoms with Crippen molar-refractivity contribution >= 4 is 0 Å². The van der Waals surface area contributed by atoms with E-state index < -0.39 is 0 Å². The summed E-state index contributed by atoms with van der Waals surface area (Å²) >= 11 is 0. The summed E-state index contributed by atoms with van der Waals surface area (Å²) in [5.41, 5.74) is 0.768. The van der Waals surface area contributed by atoms with Gasteiger partial charge < -0.3 is 0 Å². The van der Waals surface area contributed by atoms with E-state index in [4.69, 9.17) is 0 Å². The average Bonchev–Trinajstić information content (AvgIpc) is 1.79. The quantitative estimate of drug-likeness (QED) is 0.497. The van der Waals surface area contributed by atoms with Crippen molar-refractivity contribution in [1.82, 2.24) is 0 Å². The third-order valence-corrected chi connectivity index (χ3v) is 3.71. The third-order valence-electron chi connectivity index (χ3n) is 3.71. The predicted molar refractivity (Wildman–Crippen MR) is 48.5 cm³/mol. The Kier molecular flexibility index (Phi) is 1.74. The van der Waals surface area contributed by atoms with Gasteiger partial charge >= 0.3 is 0 Å². The lowest BCUT2D eigenvalue weighted by atomic mass is 9.57. The molecule has 3 aliphatic rings. The van der Waals surface area contributed by atoms with Gasteiger partial charge in [-0.25, -0.2) is 0 Å². The van der Waals surface area contributed by atoms with Gasteiger partial charge in [0.05, 0.1) is 0 Å². The average molecular weight is 152 g/mol. The molecule has 0 N–H and O–H groups in total. The van der Waals surface area contributed by atoms with Crippen molar-refractivity contribution in [2.75, 3.05) is 0 Å². The smallest absolute Gasteiger partial charge is 0.0318 e. The van der Waals surface area contributed by atoms with Gasteiger partial charge in [-0.1, -0.05) is 33.1 Å². The largest absolute Gasteiger partial charge is 0.0625 e. The zero-order chi connectivity index (χ0) is 7.90. The highest BCUT2D eigenvalue weighted by Gasteiger charge is 2.41. The van der Waals surface area contributed by atoms with Crippen molar-refractivity contribution in [2.45, 2.75) is 52.4 Å². The summed E-state index contributed by atoms with van der Waals surface area (Å²) in [6.07, 6.45) is 9.10. The number of rotatable bonds is 0. The summed E-state index contributed by atoms with van der Waals surface area (Å²) in [5, 5.41) is 0. The molecule has 1 unspecified atom stereocenters. The van der Waals surface area contributed by atoms with Gasteiger partial charge in [0.15, 0.2) is 0 Å². The van der Waals surface area contributed by atoms with Crippen LogP contribution in [0.5, 0.6) is 0 Å². The van der Waals surface area contributed by atoms with Crippen LogP contribution < -0.4 is 0 Å². The number of hydrogen-bond acceptors (Lipinski definition) is 0. The minimum atomic E-state index is 0.768. The highest BCUT2D eigenvalue weighted by molar-refractivity contribution is 4.92. The van der Waals surface area contributed by atoms with Gasteiger partial charge in [-0.15, -0.1) is 0 Å². The molecule has 0 spiro atoms. The first kappa shape index (κ1) is 7.64. The molecule has 0 saturated heterocycles. The summed E-state index contributed by atoms with van der Waals surface area (Å²) in [5.74, 6) is 2.12. The van der Waals surface area contributed by atoms with Gasteiger partial charge in [-0.05, 0) is 36.5 Å². The molecule has 3 fully saturated rings. The molecule has 0 aliphatic heterocycles. The summed E-state index contributed by atoms with van der Waals surface area (Å²) in [4.78, 5) is 0. The van der Waals surface area contributed by atoms with Crippen LogP contribution in [0.4, 0.5) is 0 Å². The number of fused-ring (bicyclic) bond motifs is 4. The molecular formula is C11H20. The van der Waals surface area contributed by atoms with Crippen LogP contribution in [0.3, 0.4) is 0 Å². The Balaban J connectivity index is 1.98. The van der Waals surface area contributed by atoms with Crippen LogP contribution >= 0.6 is 0 Å². The number of hydrogen-bond donors (Lipinski definition) is 0. The highest BCUT2D eigenvalue weighted by Crippen LogP contribution is 2.53. The molecule has 0 radical (unpaired) electrons. The molecule has 3 saturated carbocycles. The van der Waals surface area contributed by atoms with Crippen molar-refractivity contribution in [2.24, 2.45) is 17.3 Å². The van der Waals surface area contributed by atoms with Crippen LogP contribution in [0, 0.1) is 17.3 Å². The maximum atomic E-state index is 2.49. The zero-order valence-electron chi connectivity index (χ0n) is 7.90. The van der Waals surface area contributed by atoms with E-state index in [1.807, 2.05) is 0 Å². The van der Waals surface area contributed by atoms with Crippen molar-refractivity contribution in [3.05, 3.63) is 0 Å². The standard InChI is InChI=1S/C11H20/c1-9-4-3-5-10-7-11(2,6-9)8-10/h9-10H,3-8H2,1-2H3. The van der Waals surface area contributed by atoms with E-state index in [9.17, 15) is 0 Å². The molecule has 0 aromatic rings. The Morgan fingerprint density at radius 2 is 1.82 bits per heavy atom. The molecule has 0 aromatic carbocycles. The summed E-state index contributed by atoms with van der Waals surface area (Å²) in [7, 11) is 0. The normalized spacial score (nSPS) is 50.7. The van der Waals surface area contributed by atoms with E-state index in [1.165, 1.54) is 38.5 Å². The molecule has 3 rings (SSSR count). The van der Waals surface area contributed by atoms with Crippen molar-refractivity contribution in [1.29, 1.82) is 0 Å². The third kappa shape index (κ3) is 1.45. The van der Waals surface area contributed by atoms with Gasteiger partial charge in [0, 0.05) is 0 Å². The molecule has 64 valence electrons. The van der Waals surface area contributed by atoms with E-state index in [0.717, 1.165) is 17.3 Å². The molecule has 0 heterocycles. The Morgan fingerprint density at radius 3 is 2.55 bits per heavy atom. The Labute approximate surface area is 70.4 Å². The topological polar surface area (TPSA) is 0 Å². The van der Waals surface area contributed by atoms with E-state index >= 15 is 0 Å². The first-order valence-corrected chi connectivity index (χ1v) is 5.18. The molecule has 3 aliphatic carbocycles. The fourth-order valence-corrected chi connectivity index (χ4v) is 3.40. The predicted octanol–water partition coefficient (Wildman–Crippen LogP) is 3.61. The van der Waals surface area contributed by atoms with E-state index in [2.05, 4.69) is 13.8 Å². The minimum Gasteiger partial charge on any atom is -0.0625 e. The summed E-state index contributed by atoms with van der Waals surface area (Å²) < 4.78 is 0. The van der Waals surface area contributed by atoms with Crippen molar-refractivity contribution < 1.29 is 0 Å². The fraction of sp³-hybridized carbons (Fsp3) is 1.00. The minimum absolute atomic E-state index is 0.768. The first-order valence-electron chi connectivity index (χ1n) is 5.18. The highest BCUT2D eigenvalue weighted by atomic mass is 14.5. The molecule has 0 heteroatoms. The molecule has 0 nitrogen and oxygen atoms in total. The second-order valence-corrected chi connectivity index (χ2v) is 5.33. The first-order chi connectivity index (χ1) is 5.18. The lowest BCUT2D eigenvalue weighted by molar-refractivity contribution is 0.0252. The van der Waals surface area contributed by atoms with Crippen LogP contribution in [-0.2, 0) is 0 Å². The van der Waals surface area contributed by atoms with Gasteiger partial charge in [-0.3, -0.25) is 0 Å². The van der Waals surface area contributed by atoms with Crippen LogP contribution in [0.15, 0.2) is 0 Å². The Hall–Kier alpha value is 0. The fourth-order valence-electron chi connectivity index (χ4n) is 3.40. The monoisotopic (exact) mass is 152 g/mol. The lowest BCUT2D eigenvalue weighted by Gasteiger charge is -2.49. The maximum absolute atomic E-state index is 2.49. The summed E-state index contributed by atoms with van der Waals surface area (Å²) in [6.45, 7) is 4.93. The van der Waals surface area contributed by atoms with Crippen molar-refractivity contribution in [3.8, 4) is 0 Å². The van der Waals surface area contributed by atoms with Crippen LogP contribution in [0.1, 0.15) is 52.4 Å². The molecule has 2 bridgehead atoms. The summed E-state index contributed by atoms with van der Waals surface area (Å²) in [6, 6.07) is 0. The Bertz CT molecular complexity index is 142. The molecule has 1 atom stereocenters. The van der Waals surface area contributed by atoms with Gasteiger partial charge in [0.2, 0.25) is 0 Å². The van der Waals surface area contributed by atoms with E-state index in [-0.39, 0.29) is 0 Å².